The molecule has 354 valence electrons. The molecule has 4 aromatic heterocycles. The summed E-state index contributed by atoms with van der Waals surface area (Å²) in [6, 6.07) is 69.8. The number of benzene rings is 9. The minimum atomic E-state index is 0.586. The molecule has 0 fully saturated rings. The molecule has 9 aromatic carbocycles. The Bertz CT molecular complexity index is 4270. The Morgan fingerprint density at radius 3 is 1.23 bits per heavy atom. The summed E-state index contributed by atoms with van der Waals surface area (Å²) < 4.78 is 4.85. The molecule has 13 rings (SSSR count). The monoisotopic (exact) mass is 952 g/mol. The quantitative estimate of drug-likeness (QED) is 0.152. The van der Waals surface area contributed by atoms with Crippen molar-refractivity contribution in [3.05, 3.63) is 240 Å². The van der Waals surface area contributed by atoms with Crippen molar-refractivity contribution in [2.75, 3.05) is 0 Å². The fourth-order valence-electron chi connectivity index (χ4n) is 11.9. The van der Waals surface area contributed by atoms with Gasteiger partial charge in [-0.1, -0.05) is 157 Å². The van der Waals surface area contributed by atoms with Gasteiger partial charge in [-0.3, -0.25) is 4.98 Å². The second-order valence-corrected chi connectivity index (χ2v) is 19.9. The summed E-state index contributed by atoms with van der Waals surface area (Å²) in [6.45, 7) is 13.2. The first-order valence-electron chi connectivity index (χ1n) is 25.4. The van der Waals surface area contributed by atoms with E-state index in [0.29, 0.717) is 17.5 Å². The molecule has 0 saturated carbocycles. The van der Waals surface area contributed by atoms with E-state index in [2.05, 4.69) is 208 Å². The van der Waals surface area contributed by atoms with E-state index in [1.807, 2.05) is 48.8 Å². The van der Waals surface area contributed by atoms with Gasteiger partial charge in [0.15, 0.2) is 17.5 Å². The SMILES string of the molecule is Cc1cc(C)c(-c2ccc3c(c2)c2ccccc2n3-c2ccncc2-c2ccc(-c3nc(-c4ccccc4)nc(-c4ccccc4)n3)cc2-n2c3ccccc3c3cc(-c4c(C)cc(C)cc4C)ccc32)c(C)c1. The van der Waals surface area contributed by atoms with Crippen LogP contribution in [0.5, 0.6) is 0 Å². The van der Waals surface area contributed by atoms with Crippen LogP contribution < -0.4 is 0 Å². The first kappa shape index (κ1) is 44.7. The van der Waals surface area contributed by atoms with Crippen LogP contribution in [-0.2, 0) is 0 Å². The minimum Gasteiger partial charge on any atom is -0.309 e. The highest BCUT2D eigenvalue weighted by Gasteiger charge is 2.24. The van der Waals surface area contributed by atoms with Gasteiger partial charge in [0.05, 0.1) is 33.4 Å². The lowest BCUT2D eigenvalue weighted by atomic mass is 9.93. The Hall–Kier alpha value is -9.26. The maximum Gasteiger partial charge on any atom is 0.164 e. The van der Waals surface area contributed by atoms with E-state index < -0.39 is 0 Å². The molecular weight excluding hydrogens is 901 g/mol. The topological polar surface area (TPSA) is 61.4 Å². The number of pyridine rings is 1. The van der Waals surface area contributed by atoms with Crippen molar-refractivity contribution in [2.45, 2.75) is 41.5 Å². The molecule has 0 saturated heterocycles. The largest absolute Gasteiger partial charge is 0.309 e. The lowest BCUT2D eigenvalue weighted by Gasteiger charge is -2.19. The fraction of sp³-hybridized carbons (Fsp3) is 0.0882. The zero-order valence-corrected chi connectivity index (χ0v) is 42.3. The molecular formula is C68H52N6. The average molecular weight is 953 g/mol. The van der Waals surface area contributed by atoms with Crippen LogP contribution in [0.3, 0.4) is 0 Å². The smallest absolute Gasteiger partial charge is 0.164 e. The van der Waals surface area contributed by atoms with Crippen LogP contribution in [0.4, 0.5) is 0 Å². The standard InChI is InChI=1S/C68H52N6/c1-41-33-43(3)64(44(4)34-41)49-26-29-60-55(37-49)52-21-13-15-23-58(52)73(60)62-31-32-69-40-57(62)54-28-25-51(68-71-66(47-17-9-7-10-18-47)70-67(72-68)48-19-11-8-12-20-48)39-63(54)74-59-24-16-14-22-53(59)56-38-50(27-30-61(56)74)65-45(5)35-42(2)36-46(65)6/h7-40H,1-6H3. The van der Waals surface area contributed by atoms with E-state index >= 15 is 0 Å². The summed E-state index contributed by atoms with van der Waals surface area (Å²) in [6.07, 6.45) is 3.94. The van der Waals surface area contributed by atoms with Gasteiger partial charge >= 0.3 is 0 Å². The van der Waals surface area contributed by atoms with E-state index in [0.717, 1.165) is 61.3 Å². The highest BCUT2D eigenvalue weighted by molar-refractivity contribution is 6.13. The van der Waals surface area contributed by atoms with Gasteiger partial charge in [-0.2, -0.15) is 0 Å². The third-order valence-corrected chi connectivity index (χ3v) is 14.8. The van der Waals surface area contributed by atoms with Gasteiger partial charge in [0.2, 0.25) is 0 Å². The van der Waals surface area contributed by atoms with E-state index in [4.69, 9.17) is 19.9 Å². The van der Waals surface area contributed by atoms with Crippen molar-refractivity contribution in [1.82, 2.24) is 29.1 Å². The molecule has 0 radical (unpaired) electrons. The average Bonchev–Trinajstić information content (AvgIpc) is 3.93. The predicted octanol–water partition coefficient (Wildman–Crippen LogP) is 17.3. The molecule has 0 atom stereocenters. The first-order valence-corrected chi connectivity index (χ1v) is 25.4. The lowest BCUT2D eigenvalue weighted by Crippen LogP contribution is -2.04. The van der Waals surface area contributed by atoms with Gasteiger partial charge in [-0.05, 0) is 135 Å². The molecule has 0 aliphatic heterocycles. The lowest BCUT2D eigenvalue weighted by molar-refractivity contribution is 1.07. The Balaban J connectivity index is 1.08. The summed E-state index contributed by atoms with van der Waals surface area (Å²) in [4.78, 5) is 20.4. The number of aryl methyl sites for hydroxylation is 6. The van der Waals surface area contributed by atoms with Gasteiger partial charge in [-0.15, -0.1) is 0 Å². The van der Waals surface area contributed by atoms with E-state index in [-0.39, 0.29) is 0 Å². The molecule has 0 unspecified atom stereocenters. The van der Waals surface area contributed by atoms with Crippen molar-refractivity contribution < 1.29 is 0 Å². The van der Waals surface area contributed by atoms with Crippen molar-refractivity contribution in [3.63, 3.8) is 0 Å². The molecule has 0 aliphatic carbocycles. The number of rotatable bonds is 8. The molecule has 0 aliphatic rings. The van der Waals surface area contributed by atoms with Gasteiger partial charge in [0, 0.05) is 61.8 Å². The van der Waals surface area contributed by atoms with Crippen LogP contribution in [0.15, 0.2) is 207 Å². The molecule has 0 N–H and O–H groups in total. The van der Waals surface area contributed by atoms with Crippen molar-refractivity contribution >= 4 is 43.6 Å². The van der Waals surface area contributed by atoms with Crippen LogP contribution in [0.25, 0.3) is 123 Å². The van der Waals surface area contributed by atoms with Gasteiger partial charge in [-0.25, -0.2) is 15.0 Å². The first-order chi connectivity index (χ1) is 36.2. The highest BCUT2D eigenvalue weighted by atomic mass is 15.0. The van der Waals surface area contributed by atoms with Crippen LogP contribution >= 0.6 is 0 Å². The van der Waals surface area contributed by atoms with E-state index in [9.17, 15) is 0 Å². The summed E-state index contributed by atoms with van der Waals surface area (Å²) in [5.41, 5.74) is 23.8. The normalized spacial score (nSPS) is 11.6. The van der Waals surface area contributed by atoms with Crippen molar-refractivity contribution in [3.8, 4) is 78.9 Å². The van der Waals surface area contributed by atoms with Crippen LogP contribution in [-0.4, -0.2) is 29.1 Å². The molecule has 0 bridgehead atoms. The summed E-state index contributed by atoms with van der Waals surface area (Å²) in [5.74, 6) is 1.81. The zero-order valence-electron chi connectivity index (χ0n) is 42.3. The molecule has 6 nitrogen and oxygen atoms in total. The van der Waals surface area contributed by atoms with Crippen LogP contribution in [0.2, 0.25) is 0 Å². The Kier molecular flexibility index (Phi) is 10.7. The molecule has 74 heavy (non-hydrogen) atoms. The zero-order chi connectivity index (χ0) is 50.2. The predicted molar refractivity (Wildman–Crippen MR) is 307 cm³/mol. The van der Waals surface area contributed by atoms with Crippen molar-refractivity contribution in [2.24, 2.45) is 0 Å². The molecule has 0 amide bonds. The van der Waals surface area contributed by atoms with Gasteiger partial charge in [0.1, 0.15) is 0 Å². The minimum absolute atomic E-state index is 0.586. The maximum atomic E-state index is 5.24. The number of fused-ring (bicyclic) bond motifs is 6. The third kappa shape index (κ3) is 7.49. The van der Waals surface area contributed by atoms with Crippen LogP contribution in [0.1, 0.15) is 33.4 Å². The molecule has 6 heteroatoms. The summed E-state index contributed by atoms with van der Waals surface area (Å²) >= 11 is 0. The summed E-state index contributed by atoms with van der Waals surface area (Å²) in [5, 5.41) is 4.74. The van der Waals surface area contributed by atoms with Gasteiger partial charge in [0.25, 0.3) is 0 Å². The number of para-hydroxylation sites is 2. The van der Waals surface area contributed by atoms with Crippen molar-refractivity contribution in [1.29, 1.82) is 0 Å². The third-order valence-electron chi connectivity index (χ3n) is 14.8. The van der Waals surface area contributed by atoms with Gasteiger partial charge < -0.3 is 9.13 Å². The number of aromatic nitrogens is 6. The molecule has 0 spiro atoms. The molecule has 4 heterocycles. The Labute approximate surface area is 431 Å². The number of nitrogens with zero attached hydrogens (tertiary/aromatic N) is 6. The van der Waals surface area contributed by atoms with E-state index in [1.54, 1.807) is 0 Å². The Morgan fingerprint density at radius 1 is 0.311 bits per heavy atom. The number of hydrogen-bond donors (Lipinski definition) is 0. The second kappa shape index (κ2) is 17.8. The summed E-state index contributed by atoms with van der Waals surface area (Å²) in [7, 11) is 0. The van der Waals surface area contributed by atoms with E-state index in [1.165, 1.54) is 77.2 Å². The fourth-order valence-corrected chi connectivity index (χ4v) is 11.9. The highest BCUT2D eigenvalue weighted by Crippen LogP contribution is 2.44. The second-order valence-electron chi connectivity index (χ2n) is 19.9. The molecule has 13 aromatic rings. The van der Waals surface area contributed by atoms with Crippen LogP contribution in [0, 0.1) is 41.5 Å². The number of hydrogen-bond acceptors (Lipinski definition) is 4. The maximum absolute atomic E-state index is 5.24. The Morgan fingerprint density at radius 2 is 0.730 bits per heavy atom.